The Morgan fingerprint density at radius 3 is 2.59 bits per heavy atom. The first-order chi connectivity index (χ1) is 10.6. The SMILES string of the molecule is C=C(CCCNC(=O)Nc1cccc2ccccc12)C(=O)O. The Kier molecular flexibility index (Phi) is 5.14. The van der Waals surface area contributed by atoms with Gasteiger partial charge in [-0.15, -0.1) is 0 Å². The first-order valence-electron chi connectivity index (χ1n) is 7.01. The summed E-state index contributed by atoms with van der Waals surface area (Å²) in [6, 6.07) is 13.2. The van der Waals surface area contributed by atoms with Gasteiger partial charge in [0.1, 0.15) is 0 Å². The lowest BCUT2D eigenvalue weighted by atomic mass is 10.1. The number of amides is 2. The Labute approximate surface area is 128 Å². The van der Waals surface area contributed by atoms with Crippen LogP contribution in [0.25, 0.3) is 10.8 Å². The molecular weight excluding hydrogens is 280 g/mol. The molecule has 0 radical (unpaired) electrons. The molecular formula is C17H18N2O3. The smallest absolute Gasteiger partial charge is 0.330 e. The van der Waals surface area contributed by atoms with Crippen LogP contribution in [0.3, 0.4) is 0 Å². The first-order valence-corrected chi connectivity index (χ1v) is 7.01. The normalized spacial score (nSPS) is 10.2. The molecule has 0 heterocycles. The topological polar surface area (TPSA) is 78.4 Å². The van der Waals surface area contributed by atoms with Crippen molar-refractivity contribution >= 4 is 28.5 Å². The molecule has 114 valence electrons. The van der Waals surface area contributed by atoms with Gasteiger partial charge in [-0.1, -0.05) is 43.0 Å². The Bertz CT molecular complexity index is 705. The Balaban J connectivity index is 1.86. The summed E-state index contributed by atoms with van der Waals surface area (Å²) in [6.07, 6.45) is 0.887. The van der Waals surface area contributed by atoms with E-state index in [0.29, 0.717) is 19.4 Å². The third kappa shape index (κ3) is 4.09. The quantitative estimate of drug-likeness (QED) is 0.565. The van der Waals surface area contributed by atoms with Crippen molar-refractivity contribution < 1.29 is 14.7 Å². The van der Waals surface area contributed by atoms with Gasteiger partial charge in [-0.25, -0.2) is 9.59 Å². The van der Waals surface area contributed by atoms with Gasteiger partial charge in [0.2, 0.25) is 0 Å². The highest BCUT2D eigenvalue weighted by molar-refractivity contribution is 6.01. The molecule has 0 fully saturated rings. The van der Waals surface area contributed by atoms with Gasteiger partial charge in [-0.05, 0) is 24.3 Å². The van der Waals surface area contributed by atoms with Gasteiger partial charge >= 0.3 is 12.0 Å². The number of fused-ring (bicyclic) bond motifs is 1. The highest BCUT2D eigenvalue weighted by Crippen LogP contribution is 2.22. The van der Waals surface area contributed by atoms with Crippen molar-refractivity contribution in [3.8, 4) is 0 Å². The lowest BCUT2D eigenvalue weighted by Crippen LogP contribution is -2.29. The zero-order chi connectivity index (χ0) is 15.9. The van der Waals surface area contributed by atoms with E-state index in [4.69, 9.17) is 5.11 Å². The summed E-state index contributed by atoms with van der Waals surface area (Å²) in [5, 5.41) is 16.2. The summed E-state index contributed by atoms with van der Waals surface area (Å²) in [6.45, 7) is 3.84. The molecule has 0 unspecified atom stereocenters. The predicted molar refractivity (Wildman–Crippen MR) is 87.0 cm³/mol. The Morgan fingerprint density at radius 2 is 1.82 bits per heavy atom. The lowest BCUT2D eigenvalue weighted by molar-refractivity contribution is -0.132. The van der Waals surface area contributed by atoms with Crippen molar-refractivity contribution in [3.63, 3.8) is 0 Å². The van der Waals surface area contributed by atoms with Gasteiger partial charge in [-0.2, -0.15) is 0 Å². The molecule has 0 saturated heterocycles. The fourth-order valence-electron chi connectivity index (χ4n) is 2.11. The maximum Gasteiger partial charge on any atom is 0.330 e. The van der Waals surface area contributed by atoms with Crippen LogP contribution in [0.15, 0.2) is 54.6 Å². The van der Waals surface area contributed by atoms with Gasteiger partial charge in [-0.3, -0.25) is 0 Å². The summed E-state index contributed by atoms with van der Waals surface area (Å²) in [7, 11) is 0. The van der Waals surface area contributed by atoms with E-state index in [-0.39, 0.29) is 11.6 Å². The fraction of sp³-hybridized carbons (Fsp3) is 0.176. The van der Waals surface area contributed by atoms with Crippen LogP contribution < -0.4 is 10.6 Å². The number of urea groups is 1. The van der Waals surface area contributed by atoms with Crippen molar-refractivity contribution in [2.24, 2.45) is 0 Å². The zero-order valence-corrected chi connectivity index (χ0v) is 12.1. The number of benzene rings is 2. The maximum atomic E-state index is 11.9. The molecule has 0 aliphatic rings. The van der Waals surface area contributed by atoms with E-state index in [1.807, 2.05) is 42.5 Å². The summed E-state index contributed by atoms with van der Waals surface area (Å²) < 4.78 is 0. The second-order valence-electron chi connectivity index (χ2n) is 4.92. The van der Waals surface area contributed by atoms with Crippen LogP contribution in [0, 0.1) is 0 Å². The van der Waals surface area contributed by atoms with Crippen molar-refractivity contribution in [2.75, 3.05) is 11.9 Å². The van der Waals surface area contributed by atoms with Gasteiger partial charge < -0.3 is 15.7 Å². The number of nitrogens with one attached hydrogen (secondary N) is 2. The molecule has 0 aromatic heterocycles. The summed E-state index contributed by atoms with van der Waals surface area (Å²) in [5.74, 6) is -1.000. The summed E-state index contributed by atoms with van der Waals surface area (Å²) >= 11 is 0. The highest BCUT2D eigenvalue weighted by Gasteiger charge is 2.06. The van der Waals surface area contributed by atoms with E-state index < -0.39 is 5.97 Å². The van der Waals surface area contributed by atoms with Gasteiger partial charge in [0, 0.05) is 17.5 Å². The number of carbonyl (C=O) groups excluding carboxylic acids is 1. The number of carboxylic acid groups (broad SMARTS) is 1. The minimum Gasteiger partial charge on any atom is -0.478 e. The standard InChI is InChI=1S/C17H18N2O3/c1-12(16(20)21)6-5-11-18-17(22)19-15-10-4-8-13-7-2-3-9-14(13)15/h2-4,7-10H,1,5-6,11H2,(H,20,21)(H2,18,19,22). The van der Waals surface area contributed by atoms with Crippen LogP contribution in [-0.4, -0.2) is 23.7 Å². The van der Waals surface area contributed by atoms with Crippen LogP contribution in [0.4, 0.5) is 10.5 Å². The second-order valence-corrected chi connectivity index (χ2v) is 4.92. The molecule has 3 N–H and O–H groups in total. The highest BCUT2D eigenvalue weighted by atomic mass is 16.4. The fourth-order valence-corrected chi connectivity index (χ4v) is 2.11. The van der Waals surface area contributed by atoms with Crippen LogP contribution in [0.5, 0.6) is 0 Å². The molecule has 2 aromatic rings. The lowest BCUT2D eigenvalue weighted by Gasteiger charge is -2.10. The van der Waals surface area contributed by atoms with E-state index in [9.17, 15) is 9.59 Å². The monoisotopic (exact) mass is 298 g/mol. The Morgan fingerprint density at radius 1 is 1.09 bits per heavy atom. The van der Waals surface area contributed by atoms with Crippen molar-refractivity contribution in [2.45, 2.75) is 12.8 Å². The van der Waals surface area contributed by atoms with Crippen LogP contribution in [0.1, 0.15) is 12.8 Å². The number of hydrogen-bond acceptors (Lipinski definition) is 2. The largest absolute Gasteiger partial charge is 0.478 e. The second kappa shape index (κ2) is 7.26. The van der Waals surface area contributed by atoms with E-state index in [2.05, 4.69) is 17.2 Å². The van der Waals surface area contributed by atoms with Crippen LogP contribution in [0.2, 0.25) is 0 Å². The molecule has 0 spiro atoms. The maximum absolute atomic E-state index is 11.9. The molecule has 22 heavy (non-hydrogen) atoms. The third-order valence-electron chi connectivity index (χ3n) is 3.28. The molecule has 0 aliphatic carbocycles. The minimum absolute atomic E-state index is 0.149. The molecule has 5 heteroatoms. The predicted octanol–water partition coefficient (Wildman–Crippen LogP) is 3.38. The first kappa shape index (κ1) is 15.6. The van der Waals surface area contributed by atoms with Crippen molar-refractivity contribution in [1.82, 2.24) is 5.32 Å². The number of carbonyl (C=O) groups is 2. The Hall–Kier alpha value is -2.82. The molecule has 2 aromatic carbocycles. The van der Waals surface area contributed by atoms with Crippen molar-refractivity contribution in [3.05, 3.63) is 54.6 Å². The van der Waals surface area contributed by atoms with Gasteiger partial charge in [0.15, 0.2) is 0 Å². The average molecular weight is 298 g/mol. The zero-order valence-electron chi connectivity index (χ0n) is 12.1. The van der Waals surface area contributed by atoms with Crippen molar-refractivity contribution in [1.29, 1.82) is 0 Å². The third-order valence-corrected chi connectivity index (χ3v) is 3.28. The molecule has 2 amide bonds. The molecule has 2 rings (SSSR count). The van der Waals surface area contributed by atoms with E-state index in [1.165, 1.54) is 0 Å². The van der Waals surface area contributed by atoms with E-state index >= 15 is 0 Å². The summed E-state index contributed by atoms with van der Waals surface area (Å²) in [4.78, 5) is 22.5. The number of rotatable bonds is 6. The molecule has 0 saturated carbocycles. The number of carboxylic acids is 1. The number of anilines is 1. The number of hydrogen-bond donors (Lipinski definition) is 3. The van der Waals surface area contributed by atoms with Gasteiger partial charge in [0.05, 0.1) is 5.69 Å². The number of aliphatic carboxylic acids is 1. The molecule has 0 aliphatic heterocycles. The van der Waals surface area contributed by atoms with E-state index in [0.717, 1.165) is 16.5 Å². The van der Waals surface area contributed by atoms with E-state index in [1.54, 1.807) is 0 Å². The minimum atomic E-state index is -1.000. The molecule has 0 atom stereocenters. The van der Waals surface area contributed by atoms with Crippen LogP contribution >= 0.6 is 0 Å². The molecule has 5 nitrogen and oxygen atoms in total. The summed E-state index contributed by atoms with van der Waals surface area (Å²) in [5.41, 5.74) is 0.891. The van der Waals surface area contributed by atoms with Gasteiger partial charge in [0.25, 0.3) is 0 Å². The average Bonchev–Trinajstić information content (AvgIpc) is 2.51. The van der Waals surface area contributed by atoms with Crippen LogP contribution in [-0.2, 0) is 4.79 Å². The molecule has 0 bridgehead atoms.